The first-order valence-electron chi connectivity index (χ1n) is 19.4. The van der Waals surface area contributed by atoms with Crippen molar-refractivity contribution >= 4 is 47.1 Å². The van der Waals surface area contributed by atoms with Gasteiger partial charge in [0.15, 0.2) is 5.78 Å². The van der Waals surface area contributed by atoms with Gasteiger partial charge < -0.3 is 31.9 Å². The lowest BCUT2D eigenvalue weighted by atomic mass is 9.81. The van der Waals surface area contributed by atoms with Crippen LogP contribution < -0.4 is 16.8 Å². The maximum absolute atomic E-state index is 15.0. The summed E-state index contributed by atoms with van der Waals surface area (Å²) in [6.45, 7) is 4.54. The number of nitrogens with two attached hydrogens (primary N) is 2. The van der Waals surface area contributed by atoms with Crippen LogP contribution in [0.2, 0.25) is 0 Å². The summed E-state index contributed by atoms with van der Waals surface area (Å²) in [7, 11) is 0. The zero-order chi connectivity index (χ0) is 43.4. The highest BCUT2D eigenvalue weighted by atomic mass is 32.2. The summed E-state index contributed by atoms with van der Waals surface area (Å²) in [5, 5.41) is 25.6. The Balaban J connectivity index is 1.34. The number of nitrogens with one attached hydrogen (secondary N) is 1. The van der Waals surface area contributed by atoms with Crippen LogP contribution in [-0.2, 0) is 35.2 Å². The Bertz CT molecular complexity index is 1980. The standard InChI is InChI=1S/C41H53F2N7O8S/c1-41(2,3)37(36-26(18-25-10-6-4-7-11-25)22-50(47-36)32-19-27(42)13-14-29(32)43)48(35(54)23-51)17-15-30(44)38(55)46-21-28(52)12-8-5-9-16-49-34(53)20-33(39(49)56)59-24-31(45)40(57)58/h4,6-7,10-11,13-14,19,22,30-31,33,37,51H,5,8-9,12,15-18,20-21,23-24,44-45H2,1-3H3,(H,46,55)(H,57,58)/t30-,31-,33?,37-/m0/s1. The summed E-state index contributed by atoms with van der Waals surface area (Å²) in [4.78, 5) is 77.5. The Morgan fingerprint density at radius 1 is 1.03 bits per heavy atom. The van der Waals surface area contributed by atoms with E-state index in [1.807, 2.05) is 51.1 Å². The number of Topliss-reactive ketones (excluding diaryl/α,β-unsaturated/α-hetero) is 1. The third-order valence-electron chi connectivity index (χ3n) is 9.87. The maximum Gasteiger partial charge on any atom is 0.321 e. The zero-order valence-corrected chi connectivity index (χ0v) is 34.3. The number of hydrogen-bond acceptors (Lipinski definition) is 11. The van der Waals surface area contributed by atoms with Crippen molar-refractivity contribution in [2.45, 2.75) is 89.1 Å². The second-order valence-electron chi connectivity index (χ2n) is 15.6. The molecule has 0 radical (unpaired) electrons. The minimum absolute atomic E-state index is 0.00367. The van der Waals surface area contributed by atoms with E-state index in [0.29, 0.717) is 36.9 Å². The number of carboxylic acids is 1. The number of carboxylic acid groups (broad SMARTS) is 1. The lowest BCUT2D eigenvalue weighted by Crippen LogP contribution is -2.48. The molecular formula is C41H53F2N7O8S. The molecule has 1 aromatic heterocycles. The molecular weight excluding hydrogens is 789 g/mol. The molecule has 0 bridgehead atoms. The van der Waals surface area contributed by atoms with Crippen LogP contribution in [0.1, 0.15) is 82.2 Å². The lowest BCUT2D eigenvalue weighted by molar-refractivity contribution is -0.140. The number of aliphatic hydroxyl groups excluding tert-OH is 1. The maximum atomic E-state index is 15.0. The molecule has 3 aromatic rings. The Morgan fingerprint density at radius 3 is 2.41 bits per heavy atom. The van der Waals surface area contributed by atoms with Gasteiger partial charge in [-0.3, -0.25) is 33.7 Å². The number of aliphatic carboxylic acids is 1. The third kappa shape index (κ3) is 13.0. The summed E-state index contributed by atoms with van der Waals surface area (Å²) >= 11 is 1.05. The summed E-state index contributed by atoms with van der Waals surface area (Å²) < 4.78 is 30.5. The highest BCUT2D eigenvalue weighted by Gasteiger charge is 2.40. The van der Waals surface area contributed by atoms with Crippen molar-refractivity contribution < 1.29 is 47.8 Å². The minimum Gasteiger partial charge on any atom is -0.480 e. The molecule has 1 aliphatic heterocycles. The van der Waals surface area contributed by atoms with E-state index in [4.69, 9.17) is 21.7 Å². The van der Waals surface area contributed by atoms with Gasteiger partial charge in [-0.05, 0) is 42.4 Å². The average molecular weight is 842 g/mol. The van der Waals surface area contributed by atoms with E-state index in [2.05, 4.69) is 5.32 Å². The largest absolute Gasteiger partial charge is 0.480 e. The van der Waals surface area contributed by atoms with E-state index in [0.717, 1.165) is 40.4 Å². The fourth-order valence-electron chi connectivity index (χ4n) is 6.80. The van der Waals surface area contributed by atoms with E-state index >= 15 is 0 Å². The van der Waals surface area contributed by atoms with Gasteiger partial charge in [0.05, 0.1) is 29.6 Å². The van der Waals surface area contributed by atoms with Crippen LogP contribution in [-0.4, -0.2) is 115 Å². The number of benzene rings is 2. The Morgan fingerprint density at radius 2 is 1.75 bits per heavy atom. The summed E-state index contributed by atoms with van der Waals surface area (Å²) in [6.07, 6.45) is 3.42. The minimum atomic E-state index is -1.19. The molecule has 2 aromatic carbocycles. The Kier molecular flexibility index (Phi) is 16.8. The molecule has 15 nitrogen and oxygen atoms in total. The molecule has 1 saturated heterocycles. The summed E-state index contributed by atoms with van der Waals surface area (Å²) in [5.74, 6) is -4.83. The molecule has 320 valence electrons. The Labute approximate surface area is 345 Å². The predicted molar refractivity (Wildman–Crippen MR) is 216 cm³/mol. The fourth-order valence-corrected chi connectivity index (χ4v) is 7.91. The highest BCUT2D eigenvalue weighted by Crippen LogP contribution is 2.40. The number of carbonyl (C=O) groups is 6. The quantitative estimate of drug-likeness (QED) is 0.0727. The molecule has 2 heterocycles. The lowest BCUT2D eigenvalue weighted by Gasteiger charge is -2.40. The number of carbonyl (C=O) groups excluding carboxylic acids is 5. The van der Waals surface area contributed by atoms with Crippen LogP contribution in [0.15, 0.2) is 54.7 Å². The summed E-state index contributed by atoms with van der Waals surface area (Å²) in [6, 6.07) is 9.31. The van der Waals surface area contributed by atoms with Crippen molar-refractivity contribution in [3.63, 3.8) is 0 Å². The molecule has 1 aliphatic rings. The van der Waals surface area contributed by atoms with Gasteiger partial charge in [-0.15, -0.1) is 11.8 Å². The number of ketones is 1. The SMILES string of the molecule is CC(C)(C)[C@H](c1nn(-c2cc(F)ccc2F)cc1Cc1ccccc1)N(CC[C@H](N)C(=O)NCC(=O)CCCCCN1C(=O)CC(SC[C@H](N)C(=O)O)C1=O)C(=O)CO. The van der Waals surface area contributed by atoms with Gasteiger partial charge in [-0.2, -0.15) is 5.10 Å². The second kappa shape index (κ2) is 21.3. The van der Waals surface area contributed by atoms with Gasteiger partial charge in [0.25, 0.3) is 0 Å². The van der Waals surface area contributed by atoms with Crippen molar-refractivity contribution in [3.05, 3.63) is 83.2 Å². The molecule has 0 aliphatic carbocycles. The number of nitrogens with zero attached hydrogens (tertiary/aromatic N) is 4. The third-order valence-corrected chi connectivity index (χ3v) is 11.2. The van der Waals surface area contributed by atoms with Gasteiger partial charge in [0.2, 0.25) is 23.6 Å². The van der Waals surface area contributed by atoms with Crippen molar-refractivity contribution in [2.24, 2.45) is 16.9 Å². The van der Waals surface area contributed by atoms with Crippen LogP contribution in [0.4, 0.5) is 8.78 Å². The number of amides is 4. The van der Waals surface area contributed by atoms with E-state index in [1.165, 1.54) is 9.58 Å². The highest BCUT2D eigenvalue weighted by molar-refractivity contribution is 8.00. The van der Waals surface area contributed by atoms with Crippen molar-refractivity contribution in [3.8, 4) is 5.69 Å². The predicted octanol–water partition coefficient (Wildman–Crippen LogP) is 2.89. The van der Waals surface area contributed by atoms with Crippen molar-refractivity contribution in [2.75, 3.05) is 32.0 Å². The Hall–Kier alpha value is -5.04. The molecule has 59 heavy (non-hydrogen) atoms. The normalized spacial score (nSPS) is 15.9. The van der Waals surface area contributed by atoms with Gasteiger partial charge >= 0.3 is 5.97 Å². The van der Waals surface area contributed by atoms with Gasteiger partial charge in [0.1, 0.15) is 30.0 Å². The first kappa shape index (κ1) is 46.6. The van der Waals surface area contributed by atoms with E-state index < -0.39 is 64.8 Å². The smallest absolute Gasteiger partial charge is 0.321 e. The monoisotopic (exact) mass is 841 g/mol. The van der Waals surface area contributed by atoms with Crippen molar-refractivity contribution in [1.29, 1.82) is 0 Å². The van der Waals surface area contributed by atoms with Crippen LogP contribution in [0.5, 0.6) is 0 Å². The molecule has 0 spiro atoms. The number of aliphatic hydroxyl groups is 1. The molecule has 0 saturated carbocycles. The number of likely N-dealkylation sites (tertiary alicyclic amines) is 1. The number of halogens is 2. The molecule has 4 rings (SSSR count). The number of imide groups is 1. The average Bonchev–Trinajstić information content (AvgIpc) is 3.72. The molecule has 18 heteroatoms. The number of hydrogen-bond donors (Lipinski definition) is 5. The number of rotatable bonds is 22. The number of unbranched alkanes of at least 4 members (excludes halogenated alkanes) is 2. The van der Waals surface area contributed by atoms with Gasteiger partial charge in [-0.25, -0.2) is 13.5 Å². The van der Waals surface area contributed by atoms with Crippen molar-refractivity contribution in [1.82, 2.24) is 24.9 Å². The molecule has 1 unspecified atom stereocenters. The summed E-state index contributed by atoms with van der Waals surface area (Å²) in [5.41, 5.74) is 12.8. The number of thioether (sulfide) groups is 1. The molecule has 4 atom stereocenters. The van der Waals surface area contributed by atoms with Gasteiger partial charge in [-0.1, -0.05) is 57.5 Å². The first-order chi connectivity index (χ1) is 27.9. The molecule has 7 N–H and O–H groups in total. The van der Waals surface area contributed by atoms with E-state index in [1.54, 1.807) is 6.20 Å². The van der Waals surface area contributed by atoms with Crippen LogP contribution in [0.25, 0.3) is 5.69 Å². The van der Waals surface area contributed by atoms with Crippen LogP contribution >= 0.6 is 11.8 Å². The second-order valence-corrected chi connectivity index (χ2v) is 16.8. The van der Waals surface area contributed by atoms with Crippen LogP contribution in [0, 0.1) is 17.0 Å². The zero-order valence-electron chi connectivity index (χ0n) is 33.4. The topological polar surface area (TPSA) is 231 Å². The first-order valence-corrected chi connectivity index (χ1v) is 20.4. The fraction of sp³-hybridized carbons (Fsp3) is 0.488. The van der Waals surface area contributed by atoms with E-state index in [-0.39, 0.29) is 67.9 Å². The van der Waals surface area contributed by atoms with E-state index in [9.17, 15) is 42.7 Å². The number of aromatic nitrogens is 2. The van der Waals surface area contributed by atoms with Gasteiger partial charge in [0, 0.05) is 55.9 Å². The van der Waals surface area contributed by atoms with Crippen LogP contribution in [0.3, 0.4) is 0 Å². The molecule has 4 amide bonds. The molecule has 1 fully saturated rings.